The lowest BCUT2D eigenvalue weighted by atomic mass is 10.2. The van der Waals surface area contributed by atoms with Gasteiger partial charge in [-0.1, -0.05) is 74.5 Å². The number of benzene rings is 3. The number of ether oxygens (including phenoxy) is 3. The number of rotatable bonds is 12. The van der Waals surface area contributed by atoms with E-state index in [1.807, 2.05) is 92.7 Å². The third-order valence-electron chi connectivity index (χ3n) is 4.59. The maximum absolute atomic E-state index is 10.1. The molecule has 0 saturated heterocycles. The zero-order valence-corrected chi connectivity index (χ0v) is 19.4. The van der Waals surface area contributed by atoms with Gasteiger partial charge >= 0.3 is 0 Å². The van der Waals surface area contributed by atoms with Gasteiger partial charge in [0, 0.05) is 18.7 Å². The summed E-state index contributed by atoms with van der Waals surface area (Å²) >= 11 is 0. The minimum atomic E-state index is -0.593. The van der Waals surface area contributed by atoms with Crippen molar-refractivity contribution < 1.29 is 19.3 Å². The van der Waals surface area contributed by atoms with Gasteiger partial charge in [0.25, 0.3) is 0 Å². The number of aliphatic hydroxyl groups is 1. The largest absolute Gasteiger partial charge is 0.491 e. The van der Waals surface area contributed by atoms with Gasteiger partial charge in [0.1, 0.15) is 31.7 Å². The molecule has 32 heavy (non-hydrogen) atoms. The van der Waals surface area contributed by atoms with Crippen LogP contribution < -0.4 is 19.5 Å². The SMILES string of the molecule is CC(C)NCC(O)COc1ccc(OCc2ccccc2)c(OCc2ccccc2)c1.Cl. The quantitative estimate of drug-likeness (QED) is 0.400. The van der Waals surface area contributed by atoms with E-state index in [0.29, 0.717) is 43.0 Å². The molecule has 0 spiro atoms. The highest BCUT2D eigenvalue weighted by molar-refractivity contribution is 5.85. The van der Waals surface area contributed by atoms with Crippen LogP contribution in [-0.4, -0.2) is 30.4 Å². The summed E-state index contributed by atoms with van der Waals surface area (Å²) in [5, 5.41) is 13.3. The molecule has 0 heterocycles. The van der Waals surface area contributed by atoms with Gasteiger partial charge in [0.05, 0.1) is 0 Å². The molecule has 172 valence electrons. The van der Waals surface area contributed by atoms with E-state index in [4.69, 9.17) is 14.2 Å². The molecule has 1 unspecified atom stereocenters. The molecule has 0 saturated carbocycles. The van der Waals surface area contributed by atoms with Crippen molar-refractivity contribution in [3.63, 3.8) is 0 Å². The summed E-state index contributed by atoms with van der Waals surface area (Å²) in [7, 11) is 0. The first kappa shape index (κ1) is 25.5. The van der Waals surface area contributed by atoms with Crippen LogP contribution in [0.1, 0.15) is 25.0 Å². The highest BCUT2D eigenvalue weighted by atomic mass is 35.5. The topological polar surface area (TPSA) is 60.0 Å². The van der Waals surface area contributed by atoms with Crippen LogP contribution in [0.15, 0.2) is 78.9 Å². The van der Waals surface area contributed by atoms with Crippen LogP contribution in [0, 0.1) is 0 Å². The van der Waals surface area contributed by atoms with E-state index in [2.05, 4.69) is 5.32 Å². The van der Waals surface area contributed by atoms with Crippen LogP contribution >= 0.6 is 12.4 Å². The number of hydrogen-bond donors (Lipinski definition) is 2. The average Bonchev–Trinajstić information content (AvgIpc) is 2.80. The second-order valence-corrected chi connectivity index (χ2v) is 7.68. The zero-order chi connectivity index (χ0) is 21.9. The van der Waals surface area contributed by atoms with Crippen LogP contribution in [0.25, 0.3) is 0 Å². The van der Waals surface area contributed by atoms with Crippen molar-refractivity contribution in [2.24, 2.45) is 0 Å². The Morgan fingerprint density at radius 1 is 0.750 bits per heavy atom. The molecule has 3 aromatic carbocycles. The first-order valence-corrected chi connectivity index (χ1v) is 10.6. The molecule has 1 atom stereocenters. The molecular formula is C26H32ClNO4. The average molecular weight is 458 g/mol. The second kappa shape index (κ2) is 13.6. The van der Waals surface area contributed by atoms with Gasteiger partial charge < -0.3 is 24.6 Å². The van der Waals surface area contributed by atoms with Crippen LogP contribution in [0.5, 0.6) is 17.2 Å². The number of aliphatic hydroxyl groups excluding tert-OH is 1. The van der Waals surface area contributed by atoms with Crippen LogP contribution in [0.2, 0.25) is 0 Å². The normalized spacial score (nSPS) is 11.5. The molecule has 6 heteroatoms. The smallest absolute Gasteiger partial charge is 0.165 e. The summed E-state index contributed by atoms with van der Waals surface area (Å²) < 4.78 is 17.9. The molecule has 2 N–H and O–H groups in total. The first-order chi connectivity index (χ1) is 15.1. The predicted molar refractivity (Wildman–Crippen MR) is 130 cm³/mol. The van der Waals surface area contributed by atoms with Crippen molar-refractivity contribution in [1.82, 2.24) is 5.32 Å². The molecule has 0 bridgehead atoms. The summed E-state index contributed by atoms with van der Waals surface area (Å²) in [5.74, 6) is 1.87. The van der Waals surface area contributed by atoms with Gasteiger partial charge in [0.2, 0.25) is 0 Å². The van der Waals surface area contributed by atoms with Crippen molar-refractivity contribution in [2.45, 2.75) is 39.2 Å². The number of hydrogen-bond acceptors (Lipinski definition) is 5. The molecule has 0 aliphatic heterocycles. The Balaban J connectivity index is 0.00000363. The lowest BCUT2D eigenvalue weighted by molar-refractivity contribution is 0.104. The summed E-state index contributed by atoms with van der Waals surface area (Å²) in [4.78, 5) is 0. The fourth-order valence-electron chi connectivity index (χ4n) is 2.90. The third-order valence-corrected chi connectivity index (χ3v) is 4.59. The van der Waals surface area contributed by atoms with Crippen LogP contribution in [0.3, 0.4) is 0 Å². The monoisotopic (exact) mass is 457 g/mol. The van der Waals surface area contributed by atoms with Crippen molar-refractivity contribution in [1.29, 1.82) is 0 Å². The van der Waals surface area contributed by atoms with Gasteiger partial charge in [-0.2, -0.15) is 0 Å². The molecule has 0 radical (unpaired) electrons. The minimum absolute atomic E-state index is 0. The Labute approximate surface area is 196 Å². The van der Waals surface area contributed by atoms with Crippen molar-refractivity contribution in [3.8, 4) is 17.2 Å². The summed E-state index contributed by atoms with van der Waals surface area (Å²) in [5.41, 5.74) is 2.15. The van der Waals surface area contributed by atoms with Gasteiger partial charge in [-0.25, -0.2) is 0 Å². The Bertz CT molecular complexity index is 906. The highest BCUT2D eigenvalue weighted by Crippen LogP contribution is 2.33. The molecule has 3 rings (SSSR count). The maximum atomic E-state index is 10.1. The summed E-state index contributed by atoms with van der Waals surface area (Å²) in [6.07, 6.45) is -0.593. The van der Waals surface area contributed by atoms with Gasteiger partial charge in [-0.3, -0.25) is 0 Å². The van der Waals surface area contributed by atoms with E-state index in [-0.39, 0.29) is 19.0 Å². The molecule has 0 fully saturated rings. The van der Waals surface area contributed by atoms with E-state index in [0.717, 1.165) is 11.1 Å². The van der Waals surface area contributed by atoms with Gasteiger partial charge in [0.15, 0.2) is 11.5 Å². The number of nitrogens with one attached hydrogen (secondary N) is 1. The Morgan fingerprint density at radius 2 is 1.31 bits per heavy atom. The van der Waals surface area contributed by atoms with Gasteiger partial charge in [-0.05, 0) is 23.3 Å². The van der Waals surface area contributed by atoms with E-state index in [1.54, 1.807) is 0 Å². The van der Waals surface area contributed by atoms with Crippen molar-refractivity contribution in [2.75, 3.05) is 13.2 Å². The lowest BCUT2D eigenvalue weighted by Gasteiger charge is -2.17. The molecule has 5 nitrogen and oxygen atoms in total. The number of halogens is 1. The maximum Gasteiger partial charge on any atom is 0.165 e. The summed E-state index contributed by atoms with van der Waals surface area (Å²) in [6, 6.07) is 25.8. The summed E-state index contributed by atoms with van der Waals surface area (Å²) in [6.45, 7) is 5.63. The molecule has 0 aromatic heterocycles. The van der Waals surface area contributed by atoms with Gasteiger partial charge in [-0.15, -0.1) is 12.4 Å². The standard InChI is InChI=1S/C26H31NO4.ClH/c1-20(2)27-16-23(28)19-29-24-13-14-25(30-17-21-9-5-3-6-10-21)26(15-24)31-18-22-11-7-4-8-12-22;/h3-15,20,23,27-28H,16-19H2,1-2H3;1H. The molecule has 0 aliphatic carbocycles. The molecule has 3 aromatic rings. The van der Waals surface area contributed by atoms with Crippen molar-refractivity contribution in [3.05, 3.63) is 90.0 Å². The predicted octanol–water partition coefficient (Wildman–Crippen LogP) is 5.00. The van der Waals surface area contributed by atoms with E-state index in [1.165, 1.54) is 0 Å². The fraction of sp³-hybridized carbons (Fsp3) is 0.308. The minimum Gasteiger partial charge on any atom is -0.491 e. The van der Waals surface area contributed by atoms with E-state index >= 15 is 0 Å². The van der Waals surface area contributed by atoms with Crippen molar-refractivity contribution >= 4 is 12.4 Å². The lowest BCUT2D eigenvalue weighted by Crippen LogP contribution is -2.35. The highest BCUT2D eigenvalue weighted by Gasteiger charge is 2.11. The molecule has 0 amide bonds. The Hall–Kier alpha value is -2.73. The Morgan fingerprint density at radius 3 is 1.88 bits per heavy atom. The molecular weight excluding hydrogens is 426 g/mol. The third kappa shape index (κ3) is 8.79. The van der Waals surface area contributed by atoms with Crippen LogP contribution in [0.4, 0.5) is 0 Å². The van der Waals surface area contributed by atoms with E-state index < -0.39 is 6.10 Å². The zero-order valence-electron chi connectivity index (χ0n) is 18.6. The van der Waals surface area contributed by atoms with Crippen LogP contribution in [-0.2, 0) is 13.2 Å². The van der Waals surface area contributed by atoms with E-state index in [9.17, 15) is 5.11 Å². The second-order valence-electron chi connectivity index (χ2n) is 7.68. The fourth-order valence-corrected chi connectivity index (χ4v) is 2.90. The first-order valence-electron chi connectivity index (χ1n) is 10.6. The Kier molecular flexibility index (Phi) is 10.9. The molecule has 0 aliphatic rings.